The third-order valence-corrected chi connectivity index (χ3v) is 3.72. The molecule has 1 aromatic carbocycles. The first-order valence-corrected chi connectivity index (χ1v) is 6.39. The Labute approximate surface area is 101 Å². The third kappa shape index (κ3) is 2.66. The molecule has 0 aliphatic rings. The molecule has 0 saturated heterocycles. The van der Waals surface area contributed by atoms with Crippen LogP contribution in [0, 0.1) is 13.8 Å². The second-order valence-corrected chi connectivity index (χ2v) is 6.07. The predicted molar refractivity (Wildman–Crippen MR) is 73.3 cm³/mol. The quantitative estimate of drug-likeness (QED) is 0.646. The van der Waals surface area contributed by atoms with E-state index in [0.29, 0.717) is 5.92 Å². The normalized spacial score (nSPS) is 13.9. The maximum Gasteiger partial charge on any atom is -0.0132 e. The SMILES string of the molecule is CCC(C)c1cc(C(C)(C)C)cc(C)c1C. The highest BCUT2D eigenvalue weighted by Gasteiger charge is 2.17. The van der Waals surface area contributed by atoms with Gasteiger partial charge >= 0.3 is 0 Å². The standard InChI is InChI=1S/C16H26/c1-8-11(2)15-10-14(16(5,6)7)9-12(3)13(15)4/h9-11H,8H2,1-7H3. The number of benzene rings is 1. The lowest BCUT2D eigenvalue weighted by atomic mass is 9.81. The van der Waals surface area contributed by atoms with Crippen LogP contribution in [0.1, 0.15) is 69.2 Å². The van der Waals surface area contributed by atoms with Gasteiger partial charge in [-0.25, -0.2) is 0 Å². The summed E-state index contributed by atoms with van der Waals surface area (Å²) in [6.45, 7) is 15.9. The van der Waals surface area contributed by atoms with E-state index in [0.717, 1.165) is 0 Å². The zero-order chi connectivity index (χ0) is 12.5. The lowest BCUT2D eigenvalue weighted by Gasteiger charge is -2.24. The largest absolute Gasteiger partial charge is 0.0648 e. The van der Waals surface area contributed by atoms with Crippen LogP contribution in [0.3, 0.4) is 0 Å². The van der Waals surface area contributed by atoms with Gasteiger partial charge in [-0.05, 0) is 53.9 Å². The van der Waals surface area contributed by atoms with Crippen LogP contribution in [0.4, 0.5) is 0 Å². The van der Waals surface area contributed by atoms with Crippen molar-refractivity contribution >= 4 is 0 Å². The number of hydrogen-bond donors (Lipinski definition) is 0. The summed E-state index contributed by atoms with van der Waals surface area (Å²) in [4.78, 5) is 0. The molecule has 1 rings (SSSR count). The molecule has 0 N–H and O–H groups in total. The van der Waals surface area contributed by atoms with Crippen molar-refractivity contribution in [2.45, 2.75) is 66.2 Å². The van der Waals surface area contributed by atoms with Gasteiger partial charge in [-0.15, -0.1) is 0 Å². The Hall–Kier alpha value is -0.780. The smallest absolute Gasteiger partial charge is 0.0132 e. The highest BCUT2D eigenvalue weighted by atomic mass is 14.2. The van der Waals surface area contributed by atoms with Crippen molar-refractivity contribution in [1.82, 2.24) is 0 Å². The molecule has 1 aromatic rings. The first-order chi connectivity index (χ1) is 7.27. The van der Waals surface area contributed by atoms with Gasteiger partial charge in [0.1, 0.15) is 0 Å². The first-order valence-electron chi connectivity index (χ1n) is 6.39. The molecular formula is C16H26. The van der Waals surface area contributed by atoms with Crippen molar-refractivity contribution in [3.63, 3.8) is 0 Å². The molecule has 0 saturated carbocycles. The molecule has 0 radical (unpaired) electrons. The summed E-state index contributed by atoms with van der Waals surface area (Å²) in [5.74, 6) is 0.668. The minimum absolute atomic E-state index is 0.251. The lowest BCUT2D eigenvalue weighted by molar-refractivity contribution is 0.586. The molecule has 0 amide bonds. The summed E-state index contributed by atoms with van der Waals surface area (Å²) >= 11 is 0. The molecule has 0 bridgehead atoms. The Balaban J connectivity index is 3.33. The highest BCUT2D eigenvalue weighted by Crippen LogP contribution is 2.31. The van der Waals surface area contributed by atoms with Crippen molar-refractivity contribution in [1.29, 1.82) is 0 Å². The van der Waals surface area contributed by atoms with Crippen LogP contribution in [0.2, 0.25) is 0 Å². The number of rotatable bonds is 2. The Bertz CT molecular complexity index is 366. The summed E-state index contributed by atoms with van der Waals surface area (Å²) in [6.07, 6.45) is 1.22. The van der Waals surface area contributed by atoms with Gasteiger partial charge in [0.15, 0.2) is 0 Å². The van der Waals surface area contributed by atoms with Crippen LogP contribution in [-0.4, -0.2) is 0 Å². The van der Waals surface area contributed by atoms with Crippen molar-refractivity contribution in [2.24, 2.45) is 0 Å². The lowest BCUT2D eigenvalue weighted by Crippen LogP contribution is -2.13. The van der Waals surface area contributed by atoms with Crippen LogP contribution < -0.4 is 0 Å². The molecule has 0 heterocycles. The van der Waals surface area contributed by atoms with E-state index in [4.69, 9.17) is 0 Å². The fourth-order valence-corrected chi connectivity index (χ4v) is 2.05. The van der Waals surface area contributed by atoms with E-state index < -0.39 is 0 Å². The molecule has 0 aliphatic carbocycles. The molecule has 0 nitrogen and oxygen atoms in total. The maximum absolute atomic E-state index is 2.41. The third-order valence-electron chi connectivity index (χ3n) is 3.72. The van der Waals surface area contributed by atoms with Crippen LogP contribution in [0.25, 0.3) is 0 Å². The zero-order valence-corrected chi connectivity index (χ0v) is 11.9. The second kappa shape index (κ2) is 4.61. The van der Waals surface area contributed by atoms with Crippen molar-refractivity contribution < 1.29 is 0 Å². The fourth-order valence-electron chi connectivity index (χ4n) is 2.05. The van der Waals surface area contributed by atoms with Gasteiger partial charge < -0.3 is 0 Å². The van der Waals surface area contributed by atoms with E-state index in [1.54, 1.807) is 0 Å². The van der Waals surface area contributed by atoms with Crippen LogP contribution in [0.5, 0.6) is 0 Å². The summed E-state index contributed by atoms with van der Waals surface area (Å²) < 4.78 is 0. The van der Waals surface area contributed by atoms with Crippen molar-refractivity contribution in [3.05, 3.63) is 34.4 Å². The molecule has 1 atom stereocenters. The Kier molecular flexibility index (Phi) is 3.83. The van der Waals surface area contributed by atoms with Gasteiger partial charge in [-0.2, -0.15) is 0 Å². The molecule has 1 unspecified atom stereocenters. The van der Waals surface area contributed by atoms with Gasteiger partial charge in [0.05, 0.1) is 0 Å². The minimum atomic E-state index is 0.251. The van der Waals surface area contributed by atoms with Gasteiger partial charge in [-0.1, -0.05) is 46.8 Å². The monoisotopic (exact) mass is 218 g/mol. The Morgan fingerprint density at radius 3 is 2.12 bits per heavy atom. The van der Waals surface area contributed by atoms with E-state index in [-0.39, 0.29) is 5.41 Å². The van der Waals surface area contributed by atoms with Gasteiger partial charge in [-0.3, -0.25) is 0 Å². The van der Waals surface area contributed by atoms with E-state index in [1.165, 1.54) is 28.7 Å². The average molecular weight is 218 g/mol. The van der Waals surface area contributed by atoms with Gasteiger partial charge in [0, 0.05) is 0 Å². The summed E-state index contributed by atoms with van der Waals surface area (Å²) in [5, 5.41) is 0. The summed E-state index contributed by atoms with van der Waals surface area (Å²) in [6, 6.07) is 4.76. The van der Waals surface area contributed by atoms with Gasteiger partial charge in [0.25, 0.3) is 0 Å². The predicted octanol–water partition coefficient (Wildman–Crippen LogP) is 5.11. The van der Waals surface area contributed by atoms with Crippen LogP contribution >= 0.6 is 0 Å². The minimum Gasteiger partial charge on any atom is -0.0648 e. The van der Waals surface area contributed by atoms with Crippen molar-refractivity contribution in [2.75, 3.05) is 0 Å². The molecular weight excluding hydrogens is 192 g/mol. The van der Waals surface area contributed by atoms with E-state index in [2.05, 4.69) is 60.6 Å². The Morgan fingerprint density at radius 1 is 1.12 bits per heavy atom. The number of aryl methyl sites for hydroxylation is 1. The summed E-state index contributed by atoms with van der Waals surface area (Å²) in [5.41, 5.74) is 6.16. The summed E-state index contributed by atoms with van der Waals surface area (Å²) in [7, 11) is 0. The Morgan fingerprint density at radius 2 is 1.69 bits per heavy atom. The average Bonchev–Trinajstić information content (AvgIpc) is 2.19. The molecule has 0 aromatic heterocycles. The maximum atomic E-state index is 2.41. The van der Waals surface area contributed by atoms with Gasteiger partial charge in [0.2, 0.25) is 0 Å². The molecule has 90 valence electrons. The van der Waals surface area contributed by atoms with Crippen molar-refractivity contribution in [3.8, 4) is 0 Å². The van der Waals surface area contributed by atoms with E-state index in [9.17, 15) is 0 Å². The molecule has 16 heavy (non-hydrogen) atoms. The molecule has 0 heteroatoms. The fraction of sp³-hybridized carbons (Fsp3) is 0.625. The number of hydrogen-bond acceptors (Lipinski definition) is 0. The molecule has 0 spiro atoms. The van der Waals surface area contributed by atoms with Crippen LogP contribution in [0.15, 0.2) is 12.1 Å². The molecule has 0 aliphatic heterocycles. The van der Waals surface area contributed by atoms with E-state index in [1.807, 2.05) is 0 Å². The van der Waals surface area contributed by atoms with E-state index >= 15 is 0 Å². The highest BCUT2D eigenvalue weighted by molar-refractivity contribution is 5.41. The van der Waals surface area contributed by atoms with Crippen LogP contribution in [-0.2, 0) is 5.41 Å². The second-order valence-electron chi connectivity index (χ2n) is 6.07. The molecule has 0 fully saturated rings. The first kappa shape index (κ1) is 13.3. The topological polar surface area (TPSA) is 0 Å². The zero-order valence-electron chi connectivity index (χ0n) is 11.9.